The monoisotopic (exact) mass is 392 g/mol. The number of nitrogens with two attached hydrogens (primary N) is 1. The number of carbonyl (C=O) groups is 1. The first kappa shape index (κ1) is 20.1. The maximum Gasteiger partial charge on any atom is 0.315 e. The van der Waals surface area contributed by atoms with Crippen molar-refractivity contribution in [1.82, 2.24) is 20.8 Å². The van der Waals surface area contributed by atoms with Gasteiger partial charge in [-0.25, -0.2) is 0 Å². The standard InChI is InChI=1S/C21H24N6O2/c22-21(23)25-14-8-7-13-24-19(28)20-26-18(27-29-20)17(15-9-3-1-4-10-15)16-11-5-2-6-12-16/h1-6,9-12,17H,7-8,13-14H2,(H,24,28)(H4,22,23,25). The molecule has 0 bridgehead atoms. The lowest BCUT2D eigenvalue weighted by Crippen LogP contribution is -2.31. The first-order chi connectivity index (χ1) is 14.1. The molecule has 3 rings (SSSR count). The van der Waals surface area contributed by atoms with Gasteiger partial charge in [-0.2, -0.15) is 4.98 Å². The smallest absolute Gasteiger partial charge is 0.315 e. The number of guanidine groups is 1. The Labute approximate surface area is 169 Å². The first-order valence-electron chi connectivity index (χ1n) is 9.44. The van der Waals surface area contributed by atoms with Crippen molar-refractivity contribution < 1.29 is 9.32 Å². The van der Waals surface area contributed by atoms with Gasteiger partial charge in [-0.3, -0.25) is 10.2 Å². The van der Waals surface area contributed by atoms with Crippen LogP contribution in [0, 0.1) is 5.41 Å². The van der Waals surface area contributed by atoms with Crippen LogP contribution in [-0.4, -0.2) is 35.1 Å². The summed E-state index contributed by atoms with van der Waals surface area (Å²) in [5.41, 5.74) is 7.25. The maximum absolute atomic E-state index is 12.3. The molecule has 8 nitrogen and oxygen atoms in total. The zero-order valence-electron chi connectivity index (χ0n) is 16.0. The fourth-order valence-electron chi connectivity index (χ4n) is 2.98. The summed E-state index contributed by atoms with van der Waals surface area (Å²) in [6.45, 7) is 1.06. The minimum Gasteiger partial charge on any atom is -0.370 e. The molecule has 0 radical (unpaired) electrons. The average molecular weight is 392 g/mol. The molecule has 0 fully saturated rings. The molecule has 150 valence electrons. The largest absolute Gasteiger partial charge is 0.370 e. The van der Waals surface area contributed by atoms with E-state index in [0.717, 1.165) is 24.0 Å². The summed E-state index contributed by atoms with van der Waals surface area (Å²) in [5, 5.41) is 16.6. The van der Waals surface area contributed by atoms with Crippen LogP contribution in [0.25, 0.3) is 0 Å². The molecule has 0 aliphatic carbocycles. The molecule has 1 amide bonds. The van der Waals surface area contributed by atoms with Gasteiger partial charge in [0.2, 0.25) is 0 Å². The van der Waals surface area contributed by atoms with Crippen LogP contribution in [0.5, 0.6) is 0 Å². The van der Waals surface area contributed by atoms with Crippen molar-refractivity contribution in [2.45, 2.75) is 18.8 Å². The van der Waals surface area contributed by atoms with Crippen LogP contribution < -0.4 is 16.4 Å². The highest BCUT2D eigenvalue weighted by Crippen LogP contribution is 2.29. The second-order valence-corrected chi connectivity index (χ2v) is 6.52. The minimum atomic E-state index is -0.400. The van der Waals surface area contributed by atoms with E-state index in [-0.39, 0.29) is 17.8 Å². The molecule has 3 aromatic rings. The normalized spacial score (nSPS) is 10.7. The maximum atomic E-state index is 12.3. The number of amides is 1. The fraction of sp³-hybridized carbons (Fsp3) is 0.238. The number of nitrogens with zero attached hydrogens (tertiary/aromatic N) is 2. The third-order valence-corrected chi connectivity index (χ3v) is 4.36. The molecule has 0 atom stereocenters. The molecule has 1 heterocycles. The van der Waals surface area contributed by atoms with Crippen molar-refractivity contribution in [2.75, 3.05) is 13.1 Å². The SMILES string of the molecule is N=C(N)NCCCCNC(=O)c1nc(C(c2ccccc2)c2ccccc2)no1. The van der Waals surface area contributed by atoms with E-state index < -0.39 is 5.91 Å². The van der Waals surface area contributed by atoms with Crippen LogP contribution in [0.3, 0.4) is 0 Å². The van der Waals surface area contributed by atoms with Crippen molar-refractivity contribution in [3.05, 3.63) is 83.5 Å². The van der Waals surface area contributed by atoms with Gasteiger partial charge in [-0.1, -0.05) is 65.8 Å². The summed E-state index contributed by atoms with van der Waals surface area (Å²) in [7, 11) is 0. The number of unbranched alkanes of at least 4 members (excludes halogenated alkanes) is 1. The average Bonchev–Trinajstić information content (AvgIpc) is 3.22. The van der Waals surface area contributed by atoms with E-state index in [1.807, 2.05) is 60.7 Å². The van der Waals surface area contributed by atoms with E-state index in [1.165, 1.54) is 0 Å². The molecule has 2 aromatic carbocycles. The molecule has 0 saturated carbocycles. The Kier molecular flexibility index (Phi) is 6.94. The first-order valence-corrected chi connectivity index (χ1v) is 9.44. The Morgan fingerprint density at radius 3 is 2.07 bits per heavy atom. The van der Waals surface area contributed by atoms with Crippen molar-refractivity contribution in [3.63, 3.8) is 0 Å². The lowest BCUT2D eigenvalue weighted by Gasteiger charge is -2.14. The number of rotatable bonds is 9. The predicted octanol–water partition coefficient (Wildman–Crippen LogP) is 2.24. The third-order valence-electron chi connectivity index (χ3n) is 4.36. The molecule has 29 heavy (non-hydrogen) atoms. The number of nitrogens with one attached hydrogen (secondary N) is 3. The Hall–Kier alpha value is -3.68. The number of aromatic nitrogens is 2. The van der Waals surface area contributed by atoms with Gasteiger partial charge in [-0.15, -0.1) is 0 Å². The highest BCUT2D eigenvalue weighted by atomic mass is 16.5. The Morgan fingerprint density at radius 2 is 1.52 bits per heavy atom. The van der Waals surface area contributed by atoms with Gasteiger partial charge in [0.15, 0.2) is 11.8 Å². The summed E-state index contributed by atoms with van der Waals surface area (Å²) < 4.78 is 5.23. The van der Waals surface area contributed by atoms with Crippen molar-refractivity contribution in [1.29, 1.82) is 5.41 Å². The second-order valence-electron chi connectivity index (χ2n) is 6.52. The van der Waals surface area contributed by atoms with E-state index in [9.17, 15) is 4.79 Å². The molecule has 0 saturated heterocycles. The van der Waals surface area contributed by atoms with E-state index in [1.54, 1.807) is 0 Å². The van der Waals surface area contributed by atoms with Crippen molar-refractivity contribution in [2.24, 2.45) is 5.73 Å². The topological polar surface area (TPSA) is 130 Å². The molecule has 0 spiro atoms. The van der Waals surface area contributed by atoms with Crippen LogP contribution in [0.15, 0.2) is 65.2 Å². The lowest BCUT2D eigenvalue weighted by atomic mass is 9.91. The molecule has 8 heteroatoms. The highest BCUT2D eigenvalue weighted by molar-refractivity contribution is 5.89. The number of hydrogen-bond donors (Lipinski definition) is 4. The van der Waals surface area contributed by atoms with Crippen LogP contribution in [0.1, 0.15) is 46.4 Å². The van der Waals surface area contributed by atoms with Crippen molar-refractivity contribution >= 4 is 11.9 Å². The van der Waals surface area contributed by atoms with Gasteiger partial charge in [0.25, 0.3) is 0 Å². The zero-order valence-corrected chi connectivity index (χ0v) is 16.0. The van der Waals surface area contributed by atoms with Crippen LogP contribution in [0.4, 0.5) is 0 Å². The van der Waals surface area contributed by atoms with E-state index in [0.29, 0.717) is 18.9 Å². The van der Waals surface area contributed by atoms with Gasteiger partial charge >= 0.3 is 11.8 Å². The van der Waals surface area contributed by atoms with Crippen LogP contribution in [-0.2, 0) is 0 Å². The Balaban J connectivity index is 1.66. The van der Waals surface area contributed by atoms with Gasteiger partial charge < -0.3 is 20.9 Å². The van der Waals surface area contributed by atoms with Crippen molar-refractivity contribution in [3.8, 4) is 0 Å². The molecule has 5 N–H and O–H groups in total. The van der Waals surface area contributed by atoms with Gasteiger partial charge in [0, 0.05) is 13.1 Å². The molecule has 0 aliphatic heterocycles. The quantitative estimate of drug-likeness (QED) is 0.251. The molecular weight excluding hydrogens is 368 g/mol. The fourth-order valence-corrected chi connectivity index (χ4v) is 2.98. The van der Waals surface area contributed by atoms with Gasteiger partial charge in [-0.05, 0) is 24.0 Å². The number of hydrogen-bond acceptors (Lipinski definition) is 5. The van der Waals surface area contributed by atoms with E-state index in [4.69, 9.17) is 15.7 Å². The van der Waals surface area contributed by atoms with Gasteiger partial charge in [0.05, 0.1) is 5.92 Å². The predicted molar refractivity (Wildman–Crippen MR) is 110 cm³/mol. The minimum absolute atomic E-state index is 0.0567. The molecule has 0 aliphatic rings. The molecule has 1 aromatic heterocycles. The third kappa shape index (κ3) is 5.65. The summed E-state index contributed by atoms with van der Waals surface area (Å²) in [6, 6.07) is 19.7. The Bertz CT molecular complexity index is 887. The Morgan fingerprint density at radius 1 is 0.966 bits per heavy atom. The van der Waals surface area contributed by atoms with Crippen LogP contribution >= 0.6 is 0 Å². The molecular formula is C21H24N6O2. The summed E-state index contributed by atoms with van der Waals surface area (Å²) in [5.74, 6) is -0.292. The second kappa shape index (κ2) is 10.0. The molecule has 0 unspecified atom stereocenters. The van der Waals surface area contributed by atoms with Crippen LogP contribution in [0.2, 0.25) is 0 Å². The summed E-state index contributed by atoms with van der Waals surface area (Å²) >= 11 is 0. The lowest BCUT2D eigenvalue weighted by molar-refractivity contribution is 0.0909. The summed E-state index contributed by atoms with van der Waals surface area (Å²) in [6.07, 6.45) is 1.52. The van der Waals surface area contributed by atoms with Gasteiger partial charge in [0.1, 0.15) is 0 Å². The van der Waals surface area contributed by atoms with E-state index in [2.05, 4.69) is 20.8 Å². The number of benzene rings is 2. The zero-order chi connectivity index (χ0) is 20.5. The summed E-state index contributed by atoms with van der Waals surface area (Å²) in [4.78, 5) is 16.7. The number of carbonyl (C=O) groups excluding carboxylic acids is 1. The highest BCUT2D eigenvalue weighted by Gasteiger charge is 2.24. The van der Waals surface area contributed by atoms with E-state index >= 15 is 0 Å².